The van der Waals surface area contributed by atoms with Crippen molar-refractivity contribution in [1.82, 2.24) is 5.32 Å². The number of amides is 1. The molecule has 1 amide bonds. The first-order chi connectivity index (χ1) is 6.60. The van der Waals surface area contributed by atoms with Crippen molar-refractivity contribution in [2.45, 2.75) is 19.9 Å². The van der Waals surface area contributed by atoms with Gasteiger partial charge in [-0.15, -0.1) is 0 Å². The standard InChI is InChI=1S/C10H17NO3/c1-4-9(5-6-12)7-14-10(13)11-8(2)3/h4-5,8,12H,1,6-7H2,2-3H3,(H,11,13)/b9-5-. The van der Waals surface area contributed by atoms with Crippen LogP contribution < -0.4 is 5.32 Å². The predicted molar refractivity (Wildman–Crippen MR) is 55.0 cm³/mol. The van der Waals surface area contributed by atoms with Gasteiger partial charge in [0.1, 0.15) is 6.61 Å². The Kier molecular flexibility index (Phi) is 6.49. The zero-order valence-corrected chi connectivity index (χ0v) is 8.62. The molecule has 0 unspecified atom stereocenters. The second-order valence-electron chi connectivity index (χ2n) is 3.04. The molecule has 0 aromatic rings. The molecule has 0 aliphatic carbocycles. The number of nitrogens with one attached hydrogen (secondary N) is 1. The van der Waals surface area contributed by atoms with E-state index in [4.69, 9.17) is 9.84 Å². The van der Waals surface area contributed by atoms with Crippen molar-refractivity contribution in [2.75, 3.05) is 13.2 Å². The summed E-state index contributed by atoms with van der Waals surface area (Å²) in [5.41, 5.74) is 0.686. The number of aliphatic hydroxyl groups is 1. The molecule has 2 N–H and O–H groups in total. The average Bonchev–Trinajstić information content (AvgIpc) is 2.11. The molecule has 0 aromatic carbocycles. The monoisotopic (exact) mass is 199 g/mol. The van der Waals surface area contributed by atoms with Crippen LogP contribution in [-0.2, 0) is 4.74 Å². The molecule has 0 atom stereocenters. The molecule has 4 nitrogen and oxygen atoms in total. The number of hydrogen-bond donors (Lipinski definition) is 2. The fourth-order valence-electron chi connectivity index (χ4n) is 0.745. The van der Waals surface area contributed by atoms with Crippen LogP contribution in [0.2, 0.25) is 0 Å². The molecule has 0 aliphatic rings. The summed E-state index contributed by atoms with van der Waals surface area (Å²) < 4.78 is 4.86. The van der Waals surface area contributed by atoms with Gasteiger partial charge in [-0.2, -0.15) is 0 Å². The first-order valence-electron chi connectivity index (χ1n) is 4.45. The first-order valence-corrected chi connectivity index (χ1v) is 4.45. The Hall–Kier alpha value is -1.29. The highest BCUT2D eigenvalue weighted by Crippen LogP contribution is 1.96. The Balaban J connectivity index is 3.86. The maximum Gasteiger partial charge on any atom is 0.407 e. The third-order valence-electron chi connectivity index (χ3n) is 1.39. The molecule has 0 radical (unpaired) electrons. The topological polar surface area (TPSA) is 58.6 Å². The van der Waals surface area contributed by atoms with Gasteiger partial charge in [-0.3, -0.25) is 0 Å². The van der Waals surface area contributed by atoms with Gasteiger partial charge >= 0.3 is 6.09 Å². The lowest BCUT2D eigenvalue weighted by molar-refractivity contribution is 0.153. The molecule has 14 heavy (non-hydrogen) atoms. The minimum atomic E-state index is -0.467. The van der Waals surface area contributed by atoms with Crippen LogP contribution in [0.25, 0.3) is 0 Å². The zero-order chi connectivity index (χ0) is 11.0. The Bertz CT molecular complexity index is 221. The number of ether oxygens (including phenoxy) is 1. The van der Waals surface area contributed by atoms with Crippen molar-refractivity contribution in [1.29, 1.82) is 0 Å². The molecule has 0 rings (SSSR count). The molecule has 0 fully saturated rings. The second kappa shape index (κ2) is 7.15. The summed E-state index contributed by atoms with van der Waals surface area (Å²) in [6.07, 6.45) is 2.61. The van der Waals surface area contributed by atoms with E-state index in [9.17, 15) is 4.79 Å². The first kappa shape index (κ1) is 12.7. The van der Waals surface area contributed by atoms with Crippen molar-refractivity contribution in [3.63, 3.8) is 0 Å². The number of carbonyl (C=O) groups is 1. The molecule has 4 heteroatoms. The van der Waals surface area contributed by atoms with E-state index >= 15 is 0 Å². The lowest BCUT2D eigenvalue weighted by Crippen LogP contribution is -2.31. The van der Waals surface area contributed by atoms with Crippen LogP contribution in [-0.4, -0.2) is 30.5 Å². The molecule has 0 aliphatic heterocycles. The average molecular weight is 199 g/mol. The Morgan fingerprint density at radius 3 is 2.71 bits per heavy atom. The number of alkyl carbamates (subject to hydrolysis) is 1. The summed E-state index contributed by atoms with van der Waals surface area (Å²) in [5, 5.41) is 11.2. The fourth-order valence-corrected chi connectivity index (χ4v) is 0.745. The minimum absolute atomic E-state index is 0.0523. The quantitative estimate of drug-likeness (QED) is 0.655. The Labute approximate surface area is 84.3 Å². The van der Waals surface area contributed by atoms with Crippen molar-refractivity contribution in [3.05, 3.63) is 24.3 Å². The van der Waals surface area contributed by atoms with Gasteiger partial charge in [0, 0.05) is 6.04 Å². The SMILES string of the molecule is C=C/C(=C/CO)COC(=O)NC(C)C. The smallest absolute Gasteiger partial charge is 0.407 e. The molecule has 0 aromatic heterocycles. The van der Waals surface area contributed by atoms with Crippen LogP contribution in [0, 0.1) is 0 Å². The van der Waals surface area contributed by atoms with Gasteiger partial charge < -0.3 is 15.2 Å². The van der Waals surface area contributed by atoms with Gasteiger partial charge in [0.25, 0.3) is 0 Å². The van der Waals surface area contributed by atoms with E-state index in [0.717, 1.165) is 0 Å². The number of carbonyl (C=O) groups excluding carboxylic acids is 1. The van der Waals surface area contributed by atoms with Crippen molar-refractivity contribution < 1.29 is 14.6 Å². The van der Waals surface area contributed by atoms with Gasteiger partial charge in [-0.25, -0.2) is 4.79 Å². The molecule has 0 saturated heterocycles. The van der Waals surface area contributed by atoms with Crippen LogP contribution >= 0.6 is 0 Å². The summed E-state index contributed by atoms with van der Waals surface area (Å²) >= 11 is 0. The van der Waals surface area contributed by atoms with Gasteiger partial charge in [-0.1, -0.05) is 18.7 Å². The van der Waals surface area contributed by atoms with E-state index in [0.29, 0.717) is 5.57 Å². The molecule has 0 heterocycles. The molecular weight excluding hydrogens is 182 g/mol. The van der Waals surface area contributed by atoms with Crippen LogP contribution in [0.1, 0.15) is 13.8 Å². The van der Waals surface area contributed by atoms with E-state index < -0.39 is 6.09 Å². The van der Waals surface area contributed by atoms with Gasteiger partial charge in [0.05, 0.1) is 6.61 Å². The lowest BCUT2D eigenvalue weighted by atomic mass is 10.3. The highest BCUT2D eigenvalue weighted by Gasteiger charge is 2.03. The summed E-state index contributed by atoms with van der Waals surface area (Å²) in [7, 11) is 0. The van der Waals surface area contributed by atoms with Crippen LogP contribution in [0.15, 0.2) is 24.3 Å². The highest BCUT2D eigenvalue weighted by molar-refractivity contribution is 5.67. The summed E-state index contributed by atoms with van der Waals surface area (Å²) in [6.45, 7) is 7.26. The molecule has 0 spiro atoms. The molecule has 80 valence electrons. The van der Waals surface area contributed by atoms with E-state index in [1.807, 2.05) is 13.8 Å². The van der Waals surface area contributed by atoms with Crippen LogP contribution in [0.3, 0.4) is 0 Å². The maximum atomic E-state index is 11.0. The van der Waals surface area contributed by atoms with E-state index in [1.54, 1.807) is 6.08 Å². The van der Waals surface area contributed by atoms with Crippen molar-refractivity contribution >= 4 is 6.09 Å². The van der Waals surface area contributed by atoms with E-state index in [1.165, 1.54) is 6.08 Å². The third kappa shape index (κ3) is 6.25. The predicted octanol–water partition coefficient (Wildman–Crippen LogP) is 1.23. The van der Waals surface area contributed by atoms with E-state index in [-0.39, 0.29) is 19.3 Å². The molecular formula is C10H17NO3. The summed E-state index contributed by atoms with van der Waals surface area (Å²) in [6, 6.07) is 0.0523. The summed E-state index contributed by atoms with van der Waals surface area (Å²) in [4.78, 5) is 11.0. The Morgan fingerprint density at radius 1 is 1.64 bits per heavy atom. The largest absolute Gasteiger partial charge is 0.445 e. The Morgan fingerprint density at radius 2 is 2.29 bits per heavy atom. The lowest BCUT2D eigenvalue weighted by Gasteiger charge is -2.09. The molecule has 0 bridgehead atoms. The highest BCUT2D eigenvalue weighted by atomic mass is 16.5. The van der Waals surface area contributed by atoms with Gasteiger partial charge in [-0.05, 0) is 19.4 Å². The normalized spacial score (nSPS) is 11.3. The summed E-state index contributed by atoms with van der Waals surface area (Å²) in [5.74, 6) is 0. The van der Waals surface area contributed by atoms with Crippen LogP contribution in [0.5, 0.6) is 0 Å². The van der Waals surface area contributed by atoms with Crippen molar-refractivity contribution in [2.24, 2.45) is 0 Å². The number of aliphatic hydroxyl groups excluding tert-OH is 1. The second-order valence-corrected chi connectivity index (χ2v) is 3.04. The van der Waals surface area contributed by atoms with Gasteiger partial charge in [0.2, 0.25) is 0 Å². The number of rotatable bonds is 5. The fraction of sp³-hybridized carbons (Fsp3) is 0.500. The zero-order valence-electron chi connectivity index (χ0n) is 8.62. The minimum Gasteiger partial charge on any atom is -0.445 e. The maximum absolute atomic E-state index is 11.0. The van der Waals surface area contributed by atoms with E-state index in [2.05, 4.69) is 11.9 Å². The van der Waals surface area contributed by atoms with Crippen molar-refractivity contribution in [3.8, 4) is 0 Å². The third-order valence-corrected chi connectivity index (χ3v) is 1.39. The molecule has 0 saturated carbocycles. The van der Waals surface area contributed by atoms with Gasteiger partial charge in [0.15, 0.2) is 0 Å². The number of hydrogen-bond acceptors (Lipinski definition) is 3. The van der Waals surface area contributed by atoms with Crippen LogP contribution in [0.4, 0.5) is 4.79 Å².